The summed E-state index contributed by atoms with van der Waals surface area (Å²) in [6.45, 7) is 4.80. The maximum absolute atomic E-state index is 11.6. The first kappa shape index (κ1) is 14.1. The van der Waals surface area contributed by atoms with Gasteiger partial charge in [-0.15, -0.1) is 0 Å². The van der Waals surface area contributed by atoms with E-state index in [1.54, 1.807) is 0 Å². The summed E-state index contributed by atoms with van der Waals surface area (Å²) >= 11 is 0. The Kier molecular flexibility index (Phi) is 3.97. The van der Waals surface area contributed by atoms with Gasteiger partial charge in [-0.25, -0.2) is 0 Å². The molecule has 4 heteroatoms. The molecule has 0 aliphatic heterocycles. The summed E-state index contributed by atoms with van der Waals surface area (Å²) in [6.07, 6.45) is 5.24. The van der Waals surface area contributed by atoms with Crippen molar-refractivity contribution < 1.29 is 4.79 Å². The number of hydrogen-bond acceptors (Lipinski definition) is 2. The summed E-state index contributed by atoms with van der Waals surface area (Å²) in [5.41, 5.74) is 2.48. The van der Waals surface area contributed by atoms with Crippen molar-refractivity contribution in [2.45, 2.75) is 51.9 Å². The van der Waals surface area contributed by atoms with Gasteiger partial charge in [0.15, 0.2) is 0 Å². The number of aromatic nitrogens is 1. The Balaban J connectivity index is 1.88. The Morgan fingerprint density at radius 1 is 1.38 bits per heavy atom. The van der Waals surface area contributed by atoms with Crippen molar-refractivity contribution in [1.29, 1.82) is 0 Å². The zero-order valence-corrected chi connectivity index (χ0v) is 12.7. The van der Waals surface area contributed by atoms with E-state index in [2.05, 4.69) is 39.6 Å². The molecule has 0 radical (unpaired) electrons. The van der Waals surface area contributed by atoms with Crippen molar-refractivity contribution in [2.75, 3.05) is 0 Å². The molecular weight excluding hydrogens is 262 g/mol. The summed E-state index contributed by atoms with van der Waals surface area (Å²) in [4.78, 5) is 11.6. The number of nitrogens with zero attached hydrogens (tertiary/aromatic N) is 1. The van der Waals surface area contributed by atoms with Gasteiger partial charge in [-0.05, 0) is 31.4 Å². The van der Waals surface area contributed by atoms with Crippen LogP contribution in [0.5, 0.6) is 0 Å². The minimum Gasteiger partial charge on any atom is -0.336 e. The third-order valence-electron chi connectivity index (χ3n) is 4.09. The molecule has 4 nitrogen and oxygen atoms in total. The van der Waals surface area contributed by atoms with Crippen LogP contribution in [-0.2, 0) is 11.3 Å². The number of benzene rings is 1. The van der Waals surface area contributed by atoms with Crippen LogP contribution in [0.1, 0.15) is 44.8 Å². The molecule has 0 bridgehead atoms. The molecule has 112 valence electrons. The fourth-order valence-corrected chi connectivity index (χ4v) is 2.68. The zero-order chi connectivity index (χ0) is 14.8. The Bertz CT molecular complexity index is 643. The lowest BCUT2D eigenvalue weighted by molar-refractivity contribution is -0.121. The van der Waals surface area contributed by atoms with Gasteiger partial charge in [0.25, 0.3) is 0 Å². The topological polar surface area (TPSA) is 46.1 Å². The highest BCUT2D eigenvalue weighted by Crippen LogP contribution is 2.25. The molecule has 1 saturated carbocycles. The molecule has 1 aliphatic rings. The number of fused-ring (bicyclic) bond motifs is 1. The second-order valence-electron chi connectivity index (χ2n) is 5.83. The Labute approximate surface area is 125 Å². The molecule has 1 fully saturated rings. The summed E-state index contributed by atoms with van der Waals surface area (Å²) in [5, 5.41) is 7.87. The van der Waals surface area contributed by atoms with E-state index in [4.69, 9.17) is 0 Å². The van der Waals surface area contributed by atoms with Gasteiger partial charge in [-0.2, -0.15) is 0 Å². The number of nitrogens with one attached hydrogen (secondary N) is 2. The first-order chi connectivity index (χ1) is 10.2. The first-order valence-electron chi connectivity index (χ1n) is 7.80. The van der Waals surface area contributed by atoms with Gasteiger partial charge in [0.1, 0.15) is 6.17 Å². The van der Waals surface area contributed by atoms with E-state index < -0.39 is 0 Å². The van der Waals surface area contributed by atoms with E-state index in [0.29, 0.717) is 12.5 Å². The average molecular weight is 285 g/mol. The molecule has 1 aromatic heterocycles. The monoisotopic (exact) mass is 285 g/mol. The molecule has 3 rings (SSSR count). The molecule has 1 aliphatic carbocycles. The Morgan fingerprint density at radius 2 is 2.14 bits per heavy atom. The molecule has 0 saturated heterocycles. The van der Waals surface area contributed by atoms with E-state index in [1.807, 2.05) is 19.9 Å². The summed E-state index contributed by atoms with van der Waals surface area (Å²) in [5.74, 6) is 0.0814. The molecule has 1 amide bonds. The number of rotatable bonds is 6. The second kappa shape index (κ2) is 5.90. The Hall–Kier alpha value is -1.81. The van der Waals surface area contributed by atoms with Gasteiger partial charge in [0.05, 0.1) is 5.52 Å². The van der Waals surface area contributed by atoms with Crippen molar-refractivity contribution in [2.24, 2.45) is 0 Å². The molecule has 2 aromatic rings. The summed E-state index contributed by atoms with van der Waals surface area (Å²) < 4.78 is 2.16. The standard InChI is InChI=1S/C17H23N3O/c1-3-17(21)19-12(2)20-11-13(10-18-14-8-9-14)15-6-4-5-7-16(15)20/h4-7,11-12,14,18H,3,8-10H2,1-2H3,(H,19,21). The number of carbonyl (C=O) groups is 1. The predicted octanol–water partition coefficient (Wildman–Crippen LogP) is 2.94. The van der Waals surface area contributed by atoms with Gasteiger partial charge in [-0.3, -0.25) is 4.79 Å². The zero-order valence-electron chi connectivity index (χ0n) is 12.7. The fourth-order valence-electron chi connectivity index (χ4n) is 2.68. The SMILES string of the molecule is CCC(=O)NC(C)n1cc(CNC2CC2)c2ccccc21. The lowest BCUT2D eigenvalue weighted by Crippen LogP contribution is -2.29. The maximum atomic E-state index is 11.6. The first-order valence-corrected chi connectivity index (χ1v) is 7.80. The lowest BCUT2D eigenvalue weighted by Gasteiger charge is -2.16. The minimum atomic E-state index is -0.0305. The van der Waals surface area contributed by atoms with Gasteiger partial charge >= 0.3 is 0 Å². The van der Waals surface area contributed by atoms with Gasteiger partial charge in [-0.1, -0.05) is 25.1 Å². The van der Waals surface area contributed by atoms with Crippen molar-refractivity contribution in [1.82, 2.24) is 15.2 Å². The van der Waals surface area contributed by atoms with Crippen LogP contribution in [0.4, 0.5) is 0 Å². The highest BCUT2D eigenvalue weighted by Gasteiger charge is 2.21. The fraction of sp³-hybridized carbons (Fsp3) is 0.471. The van der Waals surface area contributed by atoms with Gasteiger partial charge in [0, 0.05) is 30.6 Å². The van der Waals surface area contributed by atoms with Gasteiger partial charge < -0.3 is 15.2 Å². The van der Waals surface area contributed by atoms with Crippen molar-refractivity contribution in [3.63, 3.8) is 0 Å². The summed E-state index contributed by atoms with van der Waals surface area (Å²) in [7, 11) is 0. The van der Waals surface area contributed by atoms with E-state index in [-0.39, 0.29) is 12.1 Å². The maximum Gasteiger partial charge on any atom is 0.221 e. The second-order valence-corrected chi connectivity index (χ2v) is 5.83. The van der Waals surface area contributed by atoms with Crippen LogP contribution in [0, 0.1) is 0 Å². The molecule has 21 heavy (non-hydrogen) atoms. The highest BCUT2D eigenvalue weighted by atomic mass is 16.1. The third kappa shape index (κ3) is 3.10. The van der Waals surface area contributed by atoms with Crippen LogP contribution in [0.15, 0.2) is 30.5 Å². The van der Waals surface area contributed by atoms with Crippen molar-refractivity contribution >= 4 is 16.8 Å². The van der Waals surface area contributed by atoms with Crippen LogP contribution in [-0.4, -0.2) is 16.5 Å². The molecule has 1 aromatic carbocycles. The van der Waals surface area contributed by atoms with Crippen LogP contribution >= 0.6 is 0 Å². The minimum absolute atomic E-state index is 0.0305. The number of carbonyl (C=O) groups excluding carboxylic acids is 1. The van der Waals surface area contributed by atoms with Crippen LogP contribution < -0.4 is 10.6 Å². The summed E-state index contributed by atoms with van der Waals surface area (Å²) in [6, 6.07) is 9.09. The molecule has 0 spiro atoms. The van der Waals surface area contributed by atoms with Crippen LogP contribution in [0.2, 0.25) is 0 Å². The van der Waals surface area contributed by atoms with E-state index in [1.165, 1.54) is 29.3 Å². The third-order valence-corrected chi connectivity index (χ3v) is 4.09. The van der Waals surface area contributed by atoms with Gasteiger partial charge in [0.2, 0.25) is 5.91 Å². The lowest BCUT2D eigenvalue weighted by atomic mass is 10.2. The van der Waals surface area contributed by atoms with Crippen molar-refractivity contribution in [3.8, 4) is 0 Å². The number of para-hydroxylation sites is 1. The molecule has 1 unspecified atom stereocenters. The van der Waals surface area contributed by atoms with E-state index in [0.717, 1.165) is 6.54 Å². The van der Waals surface area contributed by atoms with E-state index >= 15 is 0 Å². The molecule has 2 N–H and O–H groups in total. The molecular formula is C17H23N3O. The average Bonchev–Trinajstić information content (AvgIpc) is 3.25. The molecule has 1 heterocycles. The smallest absolute Gasteiger partial charge is 0.221 e. The highest BCUT2D eigenvalue weighted by molar-refractivity contribution is 5.84. The van der Waals surface area contributed by atoms with Crippen molar-refractivity contribution in [3.05, 3.63) is 36.0 Å². The molecule has 1 atom stereocenters. The van der Waals surface area contributed by atoms with Crippen LogP contribution in [0.25, 0.3) is 10.9 Å². The largest absolute Gasteiger partial charge is 0.336 e. The number of hydrogen-bond donors (Lipinski definition) is 2. The quantitative estimate of drug-likeness (QED) is 0.857. The number of amides is 1. The van der Waals surface area contributed by atoms with E-state index in [9.17, 15) is 4.79 Å². The van der Waals surface area contributed by atoms with Crippen LogP contribution in [0.3, 0.4) is 0 Å². The normalized spacial score (nSPS) is 16.1. The Morgan fingerprint density at radius 3 is 2.86 bits per heavy atom. The predicted molar refractivity (Wildman–Crippen MR) is 84.9 cm³/mol.